The second-order valence-corrected chi connectivity index (χ2v) is 9.82. The third kappa shape index (κ3) is 4.12. The smallest absolute Gasteiger partial charge is 0.338 e. The molecule has 0 amide bonds. The molecule has 3 fully saturated rings. The van der Waals surface area contributed by atoms with Gasteiger partial charge in [0.1, 0.15) is 0 Å². The van der Waals surface area contributed by atoms with Crippen molar-refractivity contribution in [3.63, 3.8) is 0 Å². The molecular formula is C25H33N3O2S. The van der Waals surface area contributed by atoms with E-state index in [2.05, 4.69) is 21.2 Å². The Hall–Kier alpha value is -1.92. The number of benzene rings is 1. The molecule has 1 aliphatic carbocycles. The Kier molecular flexibility index (Phi) is 6.02. The van der Waals surface area contributed by atoms with Gasteiger partial charge >= 0.3 is 5.97 Å². The summed E-state index contributed by atoms with van der Waals surface area (Å²) in [5.74, 6) is 1.09. The second kappa shape index (κ2) is 8.91. The number of ether oxygens (including phenoxy) is 1. The van der Waals surface area contributed by atoms with E-state index in [4.69, 9.17) is 17.0 Å². The van der Waals surface area contributed by atoms with Gasteiger partial charge in [0, 0.05) is 24.8 Å². The van der Waals surface area contributed by atoms with Gasteiger partial charge in [-0.1, -0.05) is 24.1 Å². The summed E-state index contributed by atoms with van der Waals surface area (Å²) in [5.41, 5.74) is 3.01. The van der Waals surface area contributed by atoms with Gasteiger partial charge in [-0.2, -0.15) is 0 Å². The van der Waals surface area contributed by atoms with E-state index in [9.17, 15) is 4.79 Å². The van der Waals surface area contributed by atoms with Gasteiger partial charge in [0.05, 0.1) is 18.2 Å². The highest BCUT2D eigenvalue weighted by atomic mass is 32.1. The van der Waals surface area contributed by atoms with Crippen LogP contribution in [0.3, 0.4) is 0 Å². The number of hydrogen-bond acceptors (Lipinski definition) is 4. The summed E-state index contributed by atoms with van der Waals surface area (Å²) in [6.45, 7) is 5.66. The zero-order valence-corrected chi connectivity index (χ0v) is 19.2. The predicted octanol–water partition coefficient (Wildman–Crippen LogP) is 4.46. The Balaban J connectivity index is 1.34. The van der Waals surface area contributed by atoms with Gasteiger partial charge in [-0.05, 0) is 87.8 Å². The molecular weight excluding hydrogens is 406 g/mol. The van der Waals surface area contributed by atoms with Gasteiger partial charge in [0.2, 0.25) is 0 Å². The molecule has 0 aromatic heterocycles. The summed E-state index contributed by atoms with van der Waals surface area (Å²) in [6, 6.07) is 8.64. The zero-order chi connectivity index (χ0) is 21.4. The first kappa shape index (κ1) is 21.0. The normalized spacial score (nSPS) is 30.0. The number of carbonyl (C=O) groups is 1. The highest BCUT2D eigenvalue weighted by Gasteiger charge is 2.46. The van der Waals surface area contributed by atoms with Crippen LogP contribution in [0.4, 0.5) is 5.69 Å². The van der Waals surface area contributed by atoms with Crippen molar-refractivity contribution in [3.05, 3.63) is 41.5 Å². The average molecular weight is 440 g/mol. The highest BCUT2D eigenvalue weighted by molar-refractivity contribution is 7.80. The van der Waals surface area contributed by atoms with Crippen LogP contribution >= 0.6 is 12.2 Å². The number of anilines is 1. The Labute approximate surface area is 190 Å². The molecule has 2 bridgehead atoms. The average Bonchev–Trinajstić information content (AvgIpc) is 2.79. The minimum absolute atomic E-state index is 0.295. The summed E-state index contributed by atoms with van der Waals surface area (Å²) in [4.78, 5) is 17.3. The van der Waals surface area contributed by atoms with E-state index in [0.29, 0.717) is 24.1 Å². The Bertz CT molecular complexity index is 885. The Morgan fingerprint density at radius 2 is 2.16 bits per heavy atom. The van der Waals surface area contributed by atoms with Crippen molar-refractivity contribution in [2.24, 2.45) is 11.8 Å². The molecule has 5 rings (SSSR count). The summed E-state index contributed by atoms with van der Waals surface area (Å²) in [5, 5.41) is 4.19. The molecule has 31 heavy (non-hydrogen) atoms. The molecule has 166 valence electrons. The van der Waals surface area contributed by atoms with Crippen LogP contribution in [0.5, 0.6) is 0 Å². The molecule has 2 unspecified atom stereocenters. The fraction of sp³-hybridized carbons (Fsp3) is 0.600. The number of fused-ring (bicyclic) bond motifs is 6. The first-order valence-corrected chi connectivity index (χ1v) is 12.3. The molecule has 3 saturated heterocycles. The molecule has 5 nitrogen and oxygen atoms in total. The number of rotatable bonds is 3. The van der Waals surface area contributed by atoms with Gasteiger partial charge in [0.15, 0.2) is 5.11 Å². The third-order valence-corrected chi connectivity index (χ3v) is 7.88. The summed E-state index contributed by atoms with van der Waals surface area (Å²) in [7, 11) is 0. The molecule has 3 heterocycles. The van der Waals surface area contributed by atoms with Crippen molar-refractivity contribution in [2.45, 2.75) is 57.5 Å². The van der Waals surface area contributed by atoms with Crippen LogP contribution in [0.1, 0.15) is 55.8 Å². The monoisotopic (exact) mass is 439 g/mol. The number of hydrogen-bond donors (Lipinski definition) is 1. The number of nitrogens with zero attached hydrogens (tertiary/aromatic N) is 2. The Morgan fingerprint density at radius 3 is 3.03 bits per heavy atom. The van der Waals surface area contributed by atoms with Crippen LogP contribution in [-0.4, -0.2) is 59.2 Å². The van der Waals surface area contributed by atoms with E-state index < -0.39 is 0 Å². The minimum atomic E-state index is -0.295. The Morgan fingerprint density at radius 1 is 1.26 bits per heavy atom. The molecule has 4 atom stereocenters. The van der Waals surface area contributed by atoms with E-state index in [1.165, 1.54) is 45.2 Å². The van der Waals surface area contributed by atoms with Crippen LogP contribution in [0.15, 0.2) is 35.9 Å². The largest absolute Gasteiger partial charge is 0.462 e. The summed E-state index contributed by atoms with van der Waals surface area (Å²) < 4.78 is 5.14. The van der Waals surface area contributed by atoms with E-state index in [-0.39, 0.29) is 5.97 Å². The van der Waals surface area contributed by atoms with Gasteiger partial charge in [0.25, 0.3) is 0 Å². The summed E-state index contributed by atoms with van der Waals surface area (Å²) >= 11 is 5.91. The van der Waals surface area contributed by atoms with Crippen LogP contribution in [0.2, 0.25) is 0 Å². The maximum atomic E-state index is 12.1. The first-order valence-electron chi connectivity index (χ1n) is 11.9. The van der Waals surface area contributed by atoms with E-state index >= 15 is 0 Å². The second-order valence-electron chi connectivity index (χ2n) is 9.43. The third-order valence-electron chi connectivity index (χ3n) is 7.54. The highest BCUT2D eigenvalue weighted by Crippen LogP contribution is 2.45. The topological polar surface area (TPSA) is 44.8 Å². The van der Waals surface area contributed by atoms with Crippen molar-refractivity contribution >= 4 is 29.0 Å². The fourth-order valence-electron chi connectivity index (χ4n) is 6.33. The lowest BCUT2D eigenvalue weighted by molar-refractivity contribution is 0.0132. The SMILES string of the molecule is CCOC(=O)c1cccc(NC(=S)N2CCCC3=CC4CC(CN5CCCC[C@H]45)[C@@H]32)c1. The molecule has 1 N–H and O–H groups in total. The van der Waals surface area contributed by atoms with Crippen LogP contribution in [0.25, 0.3) is 0 Å². The zero-order valence-electron chi connectivity index (χ0n) is 18.4. The summed E-state index contributed by atoms with van der Waals surface area (Å²) in [6.07, 6.45) is 10.4. The van der Waals surface area contributed by atoms with Crippen molar-refractivity contribution in [1.29, 1.82) is 0 Å². The van der Waals surface area contributed by atoms with Crippen LogP contribution < -0.4 is 5.32 Å². The lowest BCUT2D eigenvalue weighted by Gasteiger charge is -2.55. The molecule has 3 aliphatic heterocycles. The molecule has 6 heteroatoms. The standard InChI is InChI=1S/C25H33N3O2S/c1-2-30-24(29)18-7-5-9-21(15-18)26-25(31)28-12-6-8-17-13-19-14-20(23(17)28)16-27-11-4-3-10-22(19)27/h5,7,9,13,15,19-20,22-23H,2-4,6,8,10-12,14,16H2,1H3,(H,26,31)/t19?,20?,22-,23-/m1/s1. The molecule has 4 aliphatic rings. The van der Waals surface area contributed by atoms with Gasteiger partial charge < -0.3 is 15.0 Å². The number of piperidine rings is 3. The number of nitrogens with one attached hydrogen (secondary N) is 1. The number of thiocarbonyl (C=S) groups is 1. The van der Waals surface area contributed by atoms with Crippen LogP contribution in [0, 0.1) is 11.8 Å². The lowest BCUT2D eigenvalue weighted by Crippen LogP contribution is -2.60. The fourth-order valence-corrected chi connectivity index (χ4v) is 6.66. The van der Waals surface area contributed by atoms with E-state index in [0.717, 1.165) is 35.7 Å². The van der Waals surface area contributed by atoms with E-state index in [1.54, 1.807) is 11.6 Å². The minimum Gasteiger partial charge on any atom is -0.462 e. The van der Waals surface area contributed by atoms with Crippen molar-refractivity contribution in [1.82, 2.24) is 9.80 Å². The molecule has 0 radical (unpaired) electrons. The molecule has 1 aromatic rings. The number of esters is 1. The quantitative estimate of drug-likeness (QED) is 0.426. The lowest BCUT2D eigenvalue weighted by atomic mass is 9.68. The molecule has 1 aromatic carbocycles. The predicted molar refractivity (Wildman–Crippen MR) is 127 cm³/mol. The van der Waals surface area contributed by atoms with Gasteiger partial charge in [-0.25, -0.2) is 4.79 Å². The molecule has 0 saturated carbocycles. The van der Waals surface area contributed by atoms with Gasteiger partial charge in [-0.15, -0.1) is 0 Å². The van der Waals surface area contributed by atoms with Crippen molar-refractivity contribution in [2.75, 3.05) is 31.6 Å². The number of carbonyl (C=O) groups excluding carboxylic acids is 1. The van der Waals surface area contributed by atoms with Crippen molar-refractivity contribution < 1.29 is 9.53 Å². The van der Waals surface area contributed by atoms with Crippen LogP contribution in [-0.2, 0) is 4.74 Å². The first-order chi connectivity index (χ1) is 15.1. The number of likely N-dealkylation sites (tertiary alicyclic amines) is 1. The van der Waals surface area contributed by atoms with Crippen molar-refractivity contribution in [3.8, 4) is 0 Å². The maximum Gasteiger partial charge on any atom is 0.338 e. The molecule has 0 spiro atoms. The van der Waals surface area contributed by atoms with E-state index in [1.807, 2.05) is 25.1 Å². The maximum absolute atomic E-state index is 12.1. The van der Waals surface area contributed by atoms with Gasteiger partial charge in [-0.3, -0.25) is 4.90 Å².